The van der Waals surface area contributed by atoms with Gasteiger partial charge in [0.25, 0.3) is 0 Å². The van der Waals surface area contributed by atoms with E-state index in [0.717, 1.165) is 13.0 Å². The zero-order valence-electron chi connectivity index (χ0n) is 10.2. The van der Waals surface area contributed by atoms with Crippen molar-refractivity contribution in [3.05, 3.63) is 22.4 Å². The molecule has 0 aromatic carbocycles. The van der Waals surface area contributed by atoms with Gasteiger partial charge in [-0.1, -0.05) is 13.8 Å². The van der Waals surface area contributed by atoms with Gasteiger partial charge in [-0.15, -0.1) is 0 Å². The summed E-state index contributed by atoms with van der Waals surface area (Å²) in [7, 11) is 0. The first kappa shape index (κ1) is 12.1. The number of thiophene rings is 1. The molecule has 1 aromatic heterocycles. The van der Waals surface area contributed by atoms with Crippen LogP contribution in [0.15, 0.2) is 16.8 Å². The average molecular weight is 238 g/mol. The maximum Gasteiger partial charge on any atom is 0.0507 e. The van der Waals surface area contributed by atoms with Crippen LogP contribution in [0.4, 0.5) is 0 Å². The highest BCUT2D eigenvalue weighted by Gasteiger charge is 2.30. The largest absolute Gasteiger partial charge is 0.326 e. The molecule has 2 N–H and O–H groups in total. The normalized spacial score (nSPS) is 27.5. The standard InChI is InChI=1S/C13H22N2S/c1-10(2)8-15-6-3-4-12(14)13(15)11-5-7-16-9-11/h5,7,9-10,12-13H,3-4,6,8,14H2,1-2H3. The molecule has 0 saturated carbocycles. The van der Waals surface area contributed by atoms with Crippen molar-refractivity contribution >= 4 is 11.3 Å². The molecule has 0 bridgehead atoms. The zero-order chi connectivity index (χ0) is 11.5. The smallest absolute Gasteiger partial charge is 0.0507 e. The predicted octanol–water partition coefficient (Wildman–Crippen LogP) is 2.87. The van der Waals surface area contributed by atoms with Crippen LogP contribution >= 0.6 is 11.3 Å². The number of rotatable bonds is 3. The molecule has 0 spiro atoms. The van der Waals surface area contributed by atoms with Crippen LogP contribution in [-0.2, 0) is 0 Å². The van der Waals surface area contributed by atoms with Crippen LogP contribution in [0.2, 0.25) is 0 Å². The second-order valence-corrected chi connectivity index (χ2v) is 5.98. The number of hydrogen-bond donors (Lipinski definition) is 1. The lowest BCUT2D eigenvalue weighted by Gasteiger charge is -2.40. The van der Waals surface area contributed by atoms with Crippen LogP contribution in [-0.4, -0.2) is 24.0 Å². The molecule has 2 nitrogen and oxygen atoms in total. The van der Waals surface area contributed by atoms with Gasteiger partial charge >= 0.3 is 0 Å². The minimum Gasteiger partial charge on any atom is -0.326 e. The summed E-state index contributed by atoms with van der Waals surface area (Å²) in [5.41, 5.74) is 7.71. The number of piperidine rings is 1. The summed E-state index contributed by atoms with van der Waals surface area (Å²) >= 11 is 1.77. The van der Waals surface area contributed by atoms with Crippen molar-refractivity contribution in [2.24, 2.45) is 11.7 Å². The van der Waals surface area contributed by atoms with Gasteiger partial charge in [0.2, 0.25) is 0 Å². The minimum absolute atomic E-state index is 0.307. The first-order chi connectivity index (χ1) is 7.68. The molecule has 2 heterocycles. The van der Waals surface area contributed by atoms with E-state index in [1.165, 1.54) is 18.5 Å². The highest BCUT2D eigenvalue weighted by atomic mass is 32.1. The molecule has 0 amide bonds. The Hall–Kier alpha value is -0.380. The molecule has 90 valence electrons. The summed E-state index contributed by atoms with van der Waals surface area (Å²) in [5.74, 6) is 0.714. The Morgan fingerprint density at radius 3 is 3.00 bits per heavy atom. The highest BCUT2D eigenvalue weighted by molar-refractivity contribution is 7.07. The van der Waals surface area contributed by atoms with Gasteiger partial charge in [0.15, 0.2) is 0 Å². The molecule has 1 saturated heterocycles. The molecular weight excluding hydrogens is 216 g/mol. The molecule has 0 aliphatic carbocycles. The van der Waals surface area contributed by atoms with E-state index in [0.29, 0.717) is 18.0 Å². The quantitative estimate of drug-likeness (QED) is 0.877. The third-order valence-corrected chi connectivity index (χ3v) is 3.97. The van der Waals surface area contributed by atoms with Crippen LogP contribution in [0.5, 0.6) is 0 Å². The Bertz CT molecular complexity index is 308. The molecule has 1 fully saturated rings. The predicted molar refractivity (Wildman–Crippen MR) is 70.7 cm³/mol. The van der Waals surface area contributed by atoms with E-state index in [1.54, 1.807) is 11.3 Å². The van der Waals surface area contributed by atoms with Crippen molar-refractivity contribution in [3.8, 4) is 0 Å². The van der Waals surface area contributed by atoms with Crippen molar-refractivity contribution in [1.82, 2.24) is 4.90 Å². The van der Waals surface area contributed by atoms with E-state index < -0.39 is 0 Å². The van der Waals surface area contributed by atoms with Crippen molar-refractivity contribution < 1.29 is 0 Å². The fourth-order valence-corrected chi connectivity index (χ4v) is 3.36. The number of nitrogens with zero attached hydrogens (tertiary/aromatic N) is 1. The molecule has 16 heavy (non-hydrogen) atoms. The van der Waals surface area contributed by atoms with Crippen LogP contribution in [0.3, 0.4) is 0 Å². The van der Waals surface area contributed by atoms with Gasteiger partial charge in [0, 0.05) is 12.6 Å². The van der Waals surface area contributed by atoms with E-state index in [4.69, 9.17) is 5.73 Å². The first-order valence-electron chi connectivity index (χ1n) is 6.20. The lowest BCUT2D eigenvalue weighted by atomic mass is 9.92. The van der Waals surface area contributed by atoms with Crippen LogP contribution < -0.4 is 5.73 Å². The topological polar surface area (TPSA) is 29.3 Å². The van der Waals surface area contributed by atoms with Gasteiger partial charge in [-0.25, -0.2) is 0 Å². The van der Waals surface area contributed by atoms with E-state index >= 15 is 0 Å². The molecule has 2 atom stereocenters. The Morgan fingerprint density at radius 1 is 1.56 bits per heavy atom. The Morgan fingerprint density at radius 2 is 2.38 bits per heavy atom. The first-order valence-corrected chi connectivity index (χ1v) is 7.14. The zero-order valence-corrected chi connectivity index (χ0v) is 11.0. The maximum absolute atomic E-state index is 6.30. The van der Waals surface area contributed by atoms with Gasteiger partial charge in [-0.05, 0) is 47.7 Å². The van der Waals surface area contributed by atoms with Gasteiger partial charge < -0.3 is 5.73 Å². The van der Waals surface area contributed by atoms with Crippen molar-refractivity contribution in [2.75, 3.05) is 13.1 Å². The summed E-state index contributed by atoms with van der Waals surface area (Å²) in [6.45, 7) is 6.93. The monoisotopic (exact) mass is 238 g/mol. The van der Waals surface area contributed by atoms with Crippen LogP contribution in [0.1, 0.15) is 38.3 Å². The second kappa shape index (κ2) is 5.30. The van der Waals surface area contributed by atoms with E-state index in [9.17, 15) is 0 Å². The molecule has 3 heteroatoms. The second-order valence-electron chi connectivity index (χ2n) is 5.20. The third-order valence-electron chi connectivity index (χ3n) is 3.27. The Labute approximate surface area is 102 Å². The molecular formula is C13H22N2S. The van der Waals surface area contributed by atoms with Gasteiger partial charge in [0.1, 0.15) is 0 Å². The minimum atomic E-state index is 0.307. The average Bonchev–Trinajstić information content (AvgIpc) is 2.69. The van der Waals surface area contributed by atoms with Crippen molar-refractivity contribution in [1.29, 1.82) is 0 Å². The Kier molecular flexibility index (Phi) is 4.00. The fourth-order valence-electron chi connectivity index (χ4n) is 2.67. The maximum atomic E-state index is 6.30. The fraction of sp³-hybridized carbons (Fsp3) is 0.692. The molecule has 1 aromatic rings. The van der Waals surface area contributed by atoms with E-state index in [2.05, 4.69) is 35.6 Å². The lowest BCUT2D eigenvalue weighted by Crippen LogP contribution is -2.46. The van der Waals surface area contributed by atoms with Crippen molar-refractivity contribution in [3.63, 3.8) is 0 Å². The van der Waals surface area contributed by atoms with E-state index in [-0.39, 0.29) is 0 Å². The molecule has 1 aliphatic rings. The molecule has 1 aliphatic heterocycles. The molecule has 0 radical (unpaired) electrons. The van der Waals surface area contributed by atoms with Crippen LogP contribution in [0, 0.1) is 5.92 Å². The van der Waals surface area contributed by atoms with Gasteiger partial charge in [0.05, 0.1) is 6.04 Å². The SMILES string of the molecule is CC(C)CN1CCCC(N)C1c1ccsc1. The summed E-state index contributed by atoms with van der Waals surface area (Å²) in [4.78, 5) is 2.57. The lowest BCUT2D eigenvalue weighted by molar-refractivity contribution is 0.114. The number of nitrogens with two attached hydrogens (primary N) is 1. The summed E-state index contributed by atoms with van der Waals surface area (Å²) < 4.78 is 0. The van der Waals surface area contributed by atoms with Gasteiger partial charge in [-0.2, -0.15) is 11.3 Å². The number of likely N-dealkylation sites (tertiary alicyclic amines) is 1. The van der Waals surface area contributed by atoms with Crippen LogP contribution in [0.25, 0.3) is 0 Å². The van der Waals surface area contributed by atoms with Gasteiger partial charge in [-0.3, -0.25) is 4.90 Å². The molecule has 2 unspecified atom stereocenters. The summed E-state index contributed by atoms with van der Waals surface area (Å²) in [5, 5.41) is 4.41. The summed E-state index contributed by atoms with van der Waals surface area (Å²) in [6, 6.07) is 2.98. The third kappa shape index (κ3) is 2.65. The van der Waals surface area contributed by atoms with E-state index in [1.807, 2.05) is 0 Å². The highest BCUT2D eigenvalue weighted by Crippen LogP contribution is 2.31. The number of hydrogen-bond acceptors (Lipinski definition) is 3. The summed E-state index contributed by atoms with van der Waals surface area (Å²) in [6.07, 6.45) is 2.41. The van der Waals surface area contributed by atoms with Crippen molar-refractivity contribution in [2.45, 2.75) is 38.8 Å². The Balaban J connectivity index is 2.14. The molecule has 2 rings (SSSR count).